The van der Waals surface area contributed by atoms with Crippen molar-refractivity contribution < 1.29 is 9.90 Å². The van der Waals surface area contributed by atoms with E-state index in [1.54, 1.807) is 0 Å². The van der Waals surface area contributed by atoms with Crippen LogP contribution in [-0.4, -0.2) is 10.9 Å². The summed E-state index contributed by atoms with van der Waals surface area (Å²) >= 11 is 0. The Labute approximate surface area is 192 Å². The molecule has 2 heteroatoms. The zero-order valence-electron chi connectivity index (χ0n) is 20.3. The Hall–Kier alpha value is -2.35. The molecule has 0 bridgehead atoms. The Morgan fingerprint density at radius 3 is 1.94 bits per heavy atom. The van der Waals surface area contributed by atoms with Gasteiger partial charge in [-0.05, 0) is 83.2 Å². The van der Waals surface area contributed by atoms with E-state index < -0.39 is 0 Å². The summed E-state index contributed by atoms with van der Waals surface area (Å²) in [6, 6.07) is 13.5. The predicted molar refractivity (Wildman–Crippen MR) is 131 cm³/mol. The zero-order valence-corrected chi connectivity index (χ0v) is 20.3. The molecule has 2 aromatic carbocycles. The quantitative estimate of drug-likeness (QED) is 0.551. The minimum absolute atomic E-state index is 0.0676. The maximum Gasteiger partial charge on any atom is 0.166 e. The lowest BCUT2D eigenvalue weighted by atomic mass is 9.62. The third-order valence-corrected chi connectivity index (χ3v) is 8.57. The van der Waals surface area contributed by atoms with E-state index in [1.165, 1.54) is 53.5 Å². The number of aliphatic hydroxyl groups excluding tert-OH is 1. The van der Waals surface area contributed by atoms with E-state index in [0.29, 0.717) is 18.4 Å². The number of aryl methyl sites for hydroxylation is 1. The van der Waals surface area contributed by atoms with Crippen LogP contribution in [0.3, 0.4) is 0 Å². The second kappa shape index (κ2) is 7.07. The van der Waals surface area contributed by atoms with E-state index in [-0.39, 0.29) is 27.8 Å². The number of fused-ring (bicyclic) bond motifs is 1. The lowest BCUT2D eigenvalue weighted by Gasteiger charge is -2.43. The summed E-state index contributed by atoms with van der Waals surface area (Å²) in [5.74, 6) is 0.323. The van der Waals surface area contributed by atoms with Crippen LogP contribution in [-0.2, 0) is 21.0 Å². The molecule has 2 nitrogen and oxygen atoms in total. The molecule has 32 heavy (non-hydrogen) atoms. The molecule has 0 atom stereocenters. The number of aliphatic hydroxyl groups is 1. The van der Waals surface area contributed by atoms with Crippen LogP contribution in [0.25, 0.3) is 5.57 Å². The third-order valence-electron chi connectivity index (χ3n) is 8.57. The van der Waals surface area contributed by atoms with Gasteiger partial charge in [-0.2, -0.15) is 0 Å². The maximum absolute atomic E-state index is 12.4. The third kappa shape index (κ3) is 3.26. The van der Waals surface area contributed by atoms with E-state index in [0.717, 1.165) is 12.0 Å². The van der Waals surface area contributed by atoms with Gasteiger partial charge in [0.05, 0.1) is 5.57 Å². The average molecular weight is 429 g/mol. The van der Waals surface area contributed by atoms with Crippen LogP contribution in [0.15, 0.2) is 42.2 Å². The largest absolute Gasteiger partial charge is 0.512 e. The van der Waals surface area contributed by atoms with Crippen LogP contribution in [0.1, 0.15) is 106 Å². The number of ketones is 1. The van der Waals surface area contributed by atoms with Gasteiger partial charge in [0.25, 0.3) is 0 Å². The van der Waals surface area contributed by atoms with E-state index in [9.17, 15) is 9.90 Å². The molecule has 0 aliphatic heterocycles. The highest BCUT2D eigenvalue weighted by Crippen LogP contribution is 2.57. The van der Waals surface area contributed by atoms with Gasteiger partial charge in [0.15, 0.2) is 5.78 Å². The summed E-state index contributed by atoms with van der Waals surface area (Å²) in [5, 5.41) is 10.3. The van der Waals surface area contributed by atoms with Crippen LogP contribution < -0.4 is 0 Å². The van der Waals surface area contributed by atoms with Crippen molar-refractivity contribution in [3.8, 4) is 0 Å². The van der Waals surface area contributed by atoms with Crippen molar-refractivity contribution in [3.05, 3.63) is 75.5 Å². The van der Waals surface area contributed by atoms with Crippen molar-refractivity contribution in [2.45, 2.75) is 95.8 Å². The number of carbonyl (C=O) groups excluding carboxylic acids is 1. The first-order chi connectivity index (χ1) is 15.1. The number of hydrogen-bond donors (Lipinski definition) is 1. The number of carbonyl (C=O) groups is 1. The summed E-state index contributed by atoms with van der Waals surface area (Å²) in [6.07, 6.45) is 6.69. The second-order valence-corrected chi connectivity index (χ2v) is 11.7. The van der Waals surface area contributed by atoms with Crippen molar-refractivity contribution in [3.63, 3.8) is 0 Å². The highest BCUT2D eigenvalue weighted by atomic mass is 16.3. The molecule has 1 N–H and O–H groups in total. The van der Waals surface area contributed by atoms with E-state index in [4.69, 9.17) is 0 Å². The number of allylic oxidation sites excluding steroid dienone is 2. The van der Waals surface area contributed by atoms with Crippen molar-refractivity contribution in [1.29, 1.82) is 0 Å². The van der Waals surface area contributed by atoms with E-state index >= 15 is 0 Å². The fourth-order valence-electron chi connectivity index (χ4n) is 6.19. The molecule has 0 unspecified atom stereocenters. The second-order valence-electron chi connectivity index (χ2n) is 11.7. The average Bonchev–Trinajstić information content (AvgIpc) is 3.53. The SMILES string of the molecule is Cc1cc2c(cc1C1(c3ccc(C4=C(O)CCCC4=O)cc3)CC1)C(C)(C)CCC2(C)C. The topological polar surface area (TPSA) is 37.3 Å². The Bertz CT molecular complexity index is 1120. The minimum atomic E-state index is 0.0676. The van der Waals surface area contributed by atoms with Gasteiger partial charge in [-0.1, -0.05) is 64.1 Å². The van der Waals surface area contributed by atoms with Crippen molar-refractivity contribution in [2.24, 2.45) is 0 Å². The molecule has 0 saturated heterocycles. The van der Waals surface area contributed by atoms with Gasteiger partial charge in [-0.25, -0.2) is 0 Å². The Morgan fingerprint density at radius 2 is 1.38 bits per heavy atom. The Balaban J connectivity index is 1.56. The minimum Gasteiger partial charge on any atom is -0.512 e. The normalized spacial score (nSPS) is 23.1. The first-order valence-corrected chi connectivity index (χ1v) is 12.3. The predicted octanol–water partition coefficient (Wildman–Crippen LogP) is 7.45. The van der Waals surface area contributed by atoms with Gasteiger partial charge in [0.2, 0.25) is 0 Å². The number of benzene rings is 2. The molecule has 0 heterocycles. The monoisotopic (exact) mass is 428 g/mol. The van der Waals surface area contributed by atoms with Crippen LogP contribution in [0.5, 0.6) is 0 Å². The molecule has 3 aliphatic rings. The standard InChI is InChI=1S/C30H36O2/c1-19-17-23-24(29(4,5)14-13-28(23,2)3)18-22(19)30(15-16-30)21-11-9-20(10-12-21)27-25(31)7-6-8-26(27)32/h9-12,17-18,31H,6-8,13-16H2,1-5H3. The van der Waals surface area contributed by atoms with Crippen molar-refractivity contribution in [2.75, 3.05) is 0 Å². The molecule has 168 valence electrons. The van der Waals surface area contributed by atoms with Gasteiger partial charge in [-0.15, -0.1) is 0 Å². The smallest absolute Gasteiger partial charge is 0.166 e. The summed E-state index contributed by atoms with van der Waals surface area (Å²) < 4.78 is 0. The van der Waals surface area contributed by atoms with Crippen LogP contribution in [0.4, 0.5) is 0 Å². The molecule has 0 spiro atoms. The number of hydrogen-bond acceptors (Lipinski definition) is 2. The summed E-state index contributed by atoms with van der Waals surface area (Å²) in [6.45, 7) is 11.9. The molecule has 5 rings (SSSR count). The Kier molecular flexibility index (Phi) is 4.75. The van der Waals surface area contributed by atoms with Crippen LogP contribution >= 0.6 is 0 Å². The van der Waals surface area contributed by atoms with E-state index in [2.05, 4.69) is 58.9 Å². The summed E-state index contributed by atoms with van der Waals surface area (Å²) in [4.78, 5) is 12.4. The van der Waals surface area contributed by atoms with Gasteiger partial charge < -0.3 is 5.11 Å². The first kappa shape index (κ1) is 21.5. The summed E-state index contributed by atoms with van der Waals surface area (Å²) in [5.41, 5.74) is 9.18. The van der Waals surface area contributed by atoms with Crippen LogP contribution in [0.2, 0.25) is 0 Å². The summed E-state index contributed by atoms with van der Waals surface area (Å²) in [7, 11) is 0. The fourth-order valence-corrected chi connectivity index (χ4v) is 6.19. The zero-order chi connectivity index (χ0) is 22.9. The fraction of sp³-hybridized carbons (Fsp3) is 0.500. The maximum atomic E-state index is 12.4. The molecule has 0 amide bonds. The van der Waals surface area contributed by atoms with Gasteiger partial charge >= 0.3 is 0 Å². The highest BCUT2D eigenvalue weighted by Gasteiger charge is 2.48. The van der Waals surface area contributed by atoms with Gasteiger partial charge in [-0.3, -0.25) is 4.79 Å². The number of rotatable bonds is 3. The van der Waals surface area contributed by atoms with Crippen molar-refractivity contribution in [1.82, 2.24) is 0 Å². The van der Waals surface area contributed by atoms with Crippen LogP contribution in [0, 0.1) is 6.92 Å². The highest BCUT2D eigenvalue weighted by molar-refractivity contribution is 6.21. The molecular weight excluding hydrogens is 392 g/mol. The molecular formula is C30H36O2. The molecule has 2 aromatic rings. The Morgan fingerprint density at radius 1 is 0.781 bits per heavy atom. The molecule has 0 radical (unpaired) electrons. The van der Waals surface area contributed by atoms with Crippen molar-refractivity contribution >= 4 is 11.4 Å². The number of Topliss-reactive ketones (excluding diaryl/α,β-unsaturated/α-hetero) is 1. The first-order valence-electron chi connectivity index (χ1n) is 12.3. The van der Waals surface area contributed by atoms with Gasteiger partial charge in [0.1, 0.15) is 5.76 Å². The lowest BCUT2D eigenvalue weighted by Crippen LogP contribution is -2.34. The lowest BCUT2D eigenvalue weighted by molar-refractivity contribution is -0.114. The van der Waals surface area contributed by atoms with Gasteiger partial charge in [0, 0.05) is 18.3 Å². The molecule has 1 fully saturated rings. The molecule has 3 aliphatic carbocycles. The molecule has 1 saturated carbocycles. The van der Waals surface area contributed by atoms with E-state index in [1.807, 2.05) is 12.1 Å². The molecule has 0 aromatic heterocycles.